The summed E-state index contributed by atoms with van der Waals surface area (Å²) in [5, 5.41) is 20.4. The van der Waals surface area contributed by atoms with Gasteiger partial charge in [0.15, 0.2) is 0 Å². The number of hydrogen-bond donors (Lipinski definition) is 6. The lowest BCUT2D eigenvalue weighted by molar-refractivity contribution is -0.135. The molecule has 7 atom stereocenters. The van der Waals surface area contributed by atoms with Crippen molar-refractivity contribution in [2.45, 2.75) is 83.6 Å². The zero-order valence-electron chi connectivity index (χ0n) is 24.7. The highest BCUT2D eigenvalue weighted by Crippen LogP contribution is 2.12. The lowest BCUT2D eigenvalue weighted by atomic mass is 9.97. The Labute approximate surface area is 247 Å². The summed E-state index contributed by atoms with van der Waals surface area (Å²) in [6, 6.07) is 4.17. The number of nitrogens with two attached hydrogens (primary N) is 1. The topological polar surface area (TPSA) is 180 Å². The van der Waals surface area contributed by atoms with E-state index < -0.39 is 60.4 Å². The standard InChI is InChI=1S/C29H47N5O6S/c1-6-18(3)24(30)28(39)32-22(13-14-41-5)26(37)34-25(19(4)7-2)29(40)33-23(17-36)27(38)31-21(16-35)15-20-11-9-8-10-12-20/h8-12,16,18-19,21-25,36H,6-7,13-15,17,30H2,1-5H3,(H,31,38)(H,32,39)(H,33,40)(H,34,37)/t18-,19-,21-,22-,23-,24-,25-/m0/s1. The Hall–Kier alpha value is -2.96. The van der Waals surface area contributed by atoms with Gasteiger partial charge in [0.05, 0.1) is 18.7 Å². The summed E-state index contributed by atoms with van der Waals surface area (Å²) in [6.45, 7) is 6.69. The molecule has 0 saturated heterocycles. The predicted octanol–water partition coefficient (Wildman–Crippen LogP) is 0.532. The molecule has 11 nitrogen and oxygen atoms in total. The molecule has 0 bridgehead atoms. The Balaban J connectivity index is 2.98. The van der Waals surface area contributed by atoms with Crippen LogP contribution < -0.4 is 27.0 Å². The molecule has 4 amide bonds. The van der Waals surface area contributed by atoms with Crippen LogP contribution in [-0.2, 0) is 30.4 Å². The van der Waals surface area contributed by atoms with E-state index in [1.165, 1.54) is 11.8 Å². The zero-order valence-corrected chi connectivity index (χ0v) is 25.5. The molecule has 0 radical (unpaired) electrons. The van der Waals surface area contributed by atoms with Crippen molar-refractivity contribution in [3.63, 3.8) is 0 Å². The van der Waals surface area contributed by atoms with E-state index in [-0.39, 0.29) is 18.3 Å². The summed E-state index contributed by atoms with van der Waals surface area (Å²) in [4.78, 5) is 63.8. The van der Waals surface area contributed by atoms with Crippen LogP contribution in [0.25, 0.3) is 0 Å². The maximum Gasteiger partial charge on any atom is 0.245 e. The van der Waals surface area contributed by atoms with E-state index in [0.29, 0.717) is 31.3 Å². The number of aldehydes is 1. The van der Waals surface area contributed by atoms with Gasteiger partial charge >= 0.3 is 0 Å². The Morgan fingerprint density at radius 2 is 1.46 bits per heavy atom. The quantitative estimate of drug-likeness (QED) is 0.126. The van der Waals surface area contributed by atoms with E-state index in [9.17, 15) is 29.1 Å². The van der Waals surface area contributed by atoms with Crippen LogP contribution in [0.3, 0.4) is 0 Å². The molecule has 0 aliphatic heterocycles. The molecule has 1 rings (SSSR count). The van der Waals surface area contributed by atoms with Gasteiger partial charge in [-0.1, -0.05) is 70.9 Å². The molecule has 0 aliphatic rings. The maximum absolute atomic E-state index is 13.3. The van der Waals surface area contributed by atoms with Crippen LogP contribution >= 0.6 is 11.8 Å². The molecule has 0 unspecified atom stereocenters. The highest BCUT2D eigenvalue weighted by molar-refractivity contribution is 7.98. The van der Waals surface area contributed by atoms with Crippen molar-refractivity contribution in [1.29, 1.82) is 0 Å². The van der Waals surface area contributed by atoms with Gasteiger partial charge in [-0.2, -0.15) is 11.8 Å². The van der Waals surface area contributed by atoms with Crippen molar-refractivity contribution >= 4 is 41.7 Å². The number of hydrogen-bond acceptors (Lipinski definition) is 8. The van der Waals surface area contributed by atoms with Crippen LogP contribution in [0.2, 0.25) is 0 Å². The normalized spacial score (nSPS) is 16.2. The van der Waals surface area contributed by atoms with E-state index in [2.05, 4.69) is 21.3 Å². The van der Waals surface area contributed by atoms with Crippen LogP contribution in [0.4, 0.5) is 0 Å². The average molecular weight is 594 g/mol. The molecule has 0 saturated carbocycles. The molecule has 0 heterocycles. The van der Waals surface area contributed by atoms with Gasteiger partial charge in [0, 0.05) is 0 Å². The average Bonchev–Trinajstić information content (AvgIpc) is 2.98. The van der Waals surface area contributed by atoms with Crippen LogP contribution in [-0.4, -0.2) is 83.8 Å². The minimum absolute atomic E-state index is 0.0778. The lowest BCUT2D eigenvalue weighted by Crippen LogP contribution is -2.60. The molecule has 12 heteroatoms. The molecule has 0 fully saturated rings. The van der Waals surface area contributed by atoms with Crippen LogP contribution in [0, 0.1) is 11.8 Å². The number of carbonyl (C=O) groups is 5. The van der Waals surface area contributed by atoms with Crippen molar-refractivity contribution in [2.75, 3.05) is 18.6 Å². The van der Waals surface area contributed by atoms with Crippen LogP contribution in [0.15, 0.2) is 30.3 Å². The number of thioether (sulfide) groups is 1. The van der Waals surface area contributed by atoms with Gasteiger partial charge in [0.2, 0.25) is 23.6 Å². The first-order valence-electron chi connectivity index (χ1n) is 14.1. The number of amides is 4. The van der Waals surface area contributed by atoms with Crippen molar-refractivity contribution in [3.8, 4) is 0 Å². The van der Waals surface area contributed by atoms with Crippen molar-refractivity contribution in [1.82, 2.24) is 21.3 Å². The first-order valence-corrected chi connectivity index (χ1v) is 15.5. The second kappa shape index (κ2) is 19.2. The van der Waals surface area contributed by atoms with Crippen molar-refractivity contribution in [2.24, 2.45) is 17.6 Å². The van der Waals surface area contributed by atoms with E-state index >= 15 is 0 Å². The number of aliphatic hydroxyl groups excluding tert-OH is 1. The molecule has 0 aliphatic carbocycles. The lowest BCUT2D eigenvalue weighted by Gasteiger charge is -2.29. The minimum Gasteiger partial charge on any atom is -0.394 e. The van der Waals surface area contributed by atoms with Gasteiger partial charge in [-0.15, -0.1) is 0 Å². The summed E-state index contributed by atoms with van der Waals surface area (Å²) in [5.74, 6) is -2.20. The highest BCUT2D eigenvalue weighted by atomic mass is 32.2. The predicted molar refractivity (Wildman–Crippen MR) is 161 cm³/mol. The third-order valence-electron chi connectivity index (χ3n) is 7.20. The van der Waals surface area contributed by atoms with Gasteiger partial charge in [-0.25, -0.2) is 0 Å². The fourth-order valence-corrected chi connectivity index (χ4v) is 4.45. The Morgan fingerprint density at radius 3 is 2.00 bits per heavy atom. The molecule has 1 aromatic carbocycles. The van der Waals surface area contributed by atoms with Gasteiger partial charge in [0.1, 0.15) is 24.4 Å². The Bertz CT molecular complexity index is 982. The fraction of sp³-hybridized carbons (Fsp3) is 0.621. The highest BCUT2D eigenvalue weighted by Gasteiger charge is 2.33. The SMILES string of the molecule is CC[C@H](C)[C@H](N)C(=O)N[C@@H](CCSC)C(=O)N[C@H](C(=O)N[C@@H](CO)C(=O)N[C@H](C=O)Cc1ccccc1)[C@@H](C)CC. The zero-order chi connectivity index (χ0) is 30.9. The summed E-state index contributed by atoms with van der Waals surface area (Å²) in [5.41, 5.74) is 6.89. The number of rotatable bonds is 19. The Morgan fingerprint density at radius 1 is 0.878 bits per heavy atom. The smallest absolute Gasteiger partial charge is 0.245 e. The fourth-order valence-electron chi connectivity index (χ4n) is 3.98. The minimum atomic E-state index is -1.34. The number of carbonyl (C=O) groups excluding carboxylic acids is 5. The first kappa shape index (κ1) is 36.1. The third kappa shape index (κ3) is 12.2. The number of benzene rings is 1. The Kier molecular flexibility index (Phi) is 16.9. The van der Waals surface area contributed by atoms with E-state index in [1.807, 2.05) is 57.4 Å². The molecule has 1 aromatic rings. The van der Waals surface area contributed by atoms with E-state index in [0.717, 1.165) is 5.56 Å². The second-order valence-corrected chi connectivity index (χ2v) is 11.3. The van der Waals surface area contributed by atoms with E-state index in [4.69, 9.17) is 5.73 Å². The van der Waals surface area contributed by atoms with Gasteiger partial charge < -0.3 is 36.9 Å². The summed E-state index contributed by atoms with van der Waals surface area (Å²) in [7, 11) is 0. The number of nitrogens with one attached hydrogen (secondary N) is 4. The summed E-state index contributed by atoms with van der Waals surface area (Å²) < 4.78 is 0. The van der Waals surface area contributed by atoms with Gasteiger partial charge in [0.25, 0.3) is 0 Å². The monoisotopic (exact) mass is 593 g/mol. The van der Waals surface area contributed by atoms with Crippen LogP contribution in [0.1, 0.15) is 52.5 Å². The number of aliphatic hydroxyl groups is 1. The van der Waals surface area contributed by atoms with E-state index in [1.54, 1.807) is 6.92 Å². The molecular weight excluding hydrogens is 546 g/mol. The van der Waals surface area contributed by atoms with Crippen molar-refractivity contribution < 1.29 is 29.1 Å². The molecule has 230 valence electrons. The third-order valence-corrected chi connectivity index (χ3v) is 7.85. The maximum atomic E-state index is 13.3. The molecule has 7 N–H and O–H groups in total. The summed E-state index contributed by atoms with van der Waals surface area (Å²) >= 11 is 1.51. The molecule has 0 spiro atoms. The second-order valence-electron chi connectivity index (χ2n) is 10.3. The van der Waals surface area contributed by atoms with Crippen molar-refractivity contribution in [3.05, 3.63) is 35.9 Å². The molecule has 41 heavy (non-hydrogen) atoms. The largest absolute Gasteiger partial charge is 0.394 e. The molecular formula is C29H47N5O6S. The summed E-state index contributed by atoms with van der Waals surface area (Å²) in [6.07, 6.45) is 4.28. The first-order chi connectivity index (χ1) is 19.5. The van der Waals surface area contributed by atoms with Gasteiger partial charge in [-0.3, -0.25) is 19.2 Å². The van der Waals surface area contributed by atoms with Gasteiger partial charge in [-0.05, 0) is 42.2 Å². The molecule has 0 aromatic heterocycles. The van der Waals surface area contributed by atoms with Crippen LogP contribution in [0.5, 0.6) is 0 Å².